The fraction of sp³-hybridized carbons (Fsp3) is 1.00. The Bertz CT molecular complexity index is 118. The van der Waals surface area contributed by atoms with Gasteiger partial charge in [-0.2, -0.15) is 0 Å². The summed E-state index contributed by atoms with van der Waals surface area (Å²) in [6, 6.07) is 0. The topological polar surface area (TPSA) is 40.5 Å². The van der Waals surface area contributed by atoms with Crippen molar-refractivity contribution >= 4 is 8.07 Å². The van der Waals surface area contributed by atoms with E-state index in [1.165, 1.54) is 0 Å². The van der Waals surface area contributed by atoms with Gasteiger partial charge in [-0.15, -0.1) is 0 Å². The van der Waals surface area contributed by atoms with E-state index in [2.05, 4.69) is 19.6 Å². The normalized spacial score (nSPS) is 18.5. The van der Waals surface area contributed by atoms with Crippen LogP contribution < -0.4 is 0 Å². The van der Waals surface area contributed by atoms with Gasteiger partial charge in [-0.25, -0.2) is 0 Å². The second-order valence-electron chi connectivity index (χ2n) is 4.55. The van der Waals surface area contributed by atoms with Crippen LogP contribution in [0.25, 0.3) is 0 Å². The highest BCUT2D eigenvalue weighted by Gasteiger charge is 2.32. The molecule has 3 heteroatoms. The van der Waals surface area contributed by atoms with Crippen molar-refractivity contribution in [1.82, 2.24) is 0 Å². The van der Waals surface area contributed by atoms with Crippen LogP contribution in [0.15, 0.2) is 0 Å². The van der Waals surface area contributed by atoms with Crippen LogP contribution in [-0.4, -0.2) is 30.1 Å². The predicted octanol–water partition coefficient (Wildman–Crippen LogP) is 1.24. The molecule has 0 rings (SSSR count). The van der Waals surface area contributed by atoms with E-state index in [4.69, 9.17) is 0 Å². The summed E-state index contributed by atoms with van der Waals surface area (Å²) in [6.07, 6.45) is -0.554. The lowest BCUT2D eigenvalue weighted by molar-refractivity contribution is 0.0300. The molecule has 0 amide bonds. The molecule has 0 aromatic rings. The molecule has 0 radical (unpaired) electrons. The van der Waals surface area contributed by atoms with E-state index in [1.807, 2.05) is 13.8 Å². The Morgan fingerprint density at radius 2 is 1.36 bits per heavy atom. The first-order valence-corrected chi connectivity index (χ1v) is 7.70. The van der Waals surface area contributed by atoms with Gasteiger partial charge in [-0.3, -0.25) is 0 Å². The molecule has 0 aromatic heterocycles. The highest BCUT2D eigenvalue weighted by atomic mass is 28.3. The Balaban J connectivity index is 4.13. The molecule has 2 unspecified atom stereocenters. The van der Waals surface area contributed by atoms with Gasteiger partial charge in [0.25, 0.3) is 0 Å². The van der Waals surface area contributed by atoms with Gasteiger partial charge in [0.1, 0.15) is 0 Å². The molecular formula is C8H20O2Si. The van der Waals surface area contributed by atoms with Crippen LogP contribution in [0.1, 0.15) is 13.8 Å². The summed E-state index contributed by atoms with van der Waals surface area (Å²) in [5, 5.41) is 19.2. The van der Waals surface area contributed by atoms with Gasteiger partial charge in [0.15, 0.2) is 0 Å². The van der Waals surface area contributed by atoms with Crippen LogP contribution in [0.4, 0.5) is 0 Å². The minimum Gasteiger partial charge on any atom is -0.394 e. The van der Waals surface area contributed by atoms with Crippen molar-refractivity contribution in [2.75, 3.05) is 0 Å². The molecule has 0 fully saturated rings. The third kappa shape index (κ3) is 3.36. The average Bonchev–Trinajstić information content (AvgIpc) is 1.82. The van der Waals surface area contributed by atoms with Crippen molar-refractivity contribution in [3.05, 3.63) is 0 Å². The van der Waals surface area contributed by atoms with Crippen molar-refractivity contribution in [2.45, 2.75) is 45.3 Å². The first-order valence-electron chi connectivity index (χ1n) is 4.13. The first-order chi connectivity index (χ1) is 4.76. The van der Waals surface area contributed by atoms with Crippen molar-refractivity contribution < 1.29 is 10.2 Å². The highest BCUT2D eigenvalue weighted by Crippen LogP contribution is 2.16. The third-order valence-electron chi connectivity index (χ3n) is 1.89. The Hall–Kier alpha value is 0.137. The fourth-order valence-corrected chi connectivity index (χ4v) is 2.29. The van der Waals surface area contributed by atoms with Crippen LogP contribution >= 0.6 is 0 Å². The van der Waals surface area contributed by atoms with E-state index in [9.17, 15) is 10.2 Å². The summed E-state index contributed by atoms with van der Waals surface area (Å²) in [6.45, 7) is 10.0. The molecule has 0 aliphatic rings. The first kappa shape index (κ1) is 11.1. The molecule has 11 heavy (non-hydrogen) atoms. The Morgan fingerprint density at radius 1 is 1.00 bits per heavy atom. The quantitative estimate of drug-likeness (QED) is 0.635. The molecule has 0 bridgehead atoms. The SMILES string of the molecule is CC(C)C(O)C(O)[Si](C)(C)C. The van der Waals surface area contributed by atoms with Crippen molar-refractivity contribution in [1.29, 1.82) is 0 Å². The molecule has 0 aromatic carbocycles. The molecule has 0 saturated heterocycles. The fourth-order valence-electron chi connectivity index (χ4n) is 0.877. The molecule has 0 saturated carbocycles. The van der Waals surface area contributed by atoms with Gasteiger partial charge >= 0.3 is 0 Å². The lowest BCUT2D eigenvalue weighted by atomic mass is 10.1. The van der Waals surface area contributed by atoms with Crippen LogP contribution in [-0.2, 0) is 0 Å². The van der Waals surface area contributed by atoms with Gasteiger partial charge in [-0.1, -0.05) is 33.5 Å². The van der Waals surface area contributed by atoms with E-state index in [0.29, 0.717) is 0 Å². The number of hydrogen-bond donors (Lipinski definition) is 2. The minimum absolute atomic E-state index is 0.150. The van der Waals surface area contributed by atoms with E-state index >= 15 is 0 Å². The lowest BCUT2D eigenvalue weighted by Gasteiger charge is -2.30. The molecule has 2 atom stereocenters. The van der Waals surface area contributed by atoms with Gasteiger partial charge < -0.3 is 10.2 Å². The zero-order valence-corrected chi connectivity index (χ0v) is 9.13. The van der Waals surface area contributed by atoms with Gasteiger partial charge in [-0.05, 0) is 5.92 Å². The maximum absolute atomic E-state index is 9.64. The zero-order valence-electron chi connectivity index (χ0n) is 8.13. The largest absolute Gasteiger partial charge is 0.394 e. The lowest BCUT2D eigenvalue weighted by Crippen LogP contribution is -2.48. The van der Waals surface area contributed by atoms with E-state index in [1.54, 1.807) is 0 Å². The Labute approximate surface area is 70.3 Å². The number of hydrogen-bond acceptors (Lipinski definition) is 2. The summed E-state index contributed by atoms with van der Waals surface area (Å²) in [5.41, 5.74) is -0.498. The zero-order chi connectivity index (χ0) is 9.23. The van der Waals surface area contributed by atoms with Gasteiger partial charge in [0.2, 0.25) is 0 Å². The molecule has 0 aliphatic heterocycles. The standard InChI is InChI=1S/C8H20O2Si/c1-6(2)7(9)8(10)11(3,4)5/h6-10H,1-5H3. The molecule has 0 spiro atoms. The molecule has 0 aliphatic carbocycles. The summed E-state index contributed by atoms with van der Waals surface area (Å²) in [5.74, 6) is 0.150. The second kappa shape index (κ2) is 3.69. The Kier molecular flexibility index (Phi) is 3.74. The summed E-state index contributed by atoms with van der Waals surface area (Å²) in [4.78, 5) is 0. The molecule has 2 nitrogen and oxygen atoms in total. The number of aliphatic hydroxyl groups is 2. The third-order valence-corrected chi connectivity index (χ3v) is 4.01. The van der Waals surface area contributed by atoms with Crippen molar-refractivity contribution in [3.8, 4) is 0 Å². The van der Waals surface area contributed by atoms with Gasteiger partial charge in [0.05, 0.1) is 19.9 Å². The Morgan fingerprint density at radius 3 is 1.45 bits per heavy atom. The highest BCUT2D eigenvalue weighted by molar-refractivity contribution is 6.77. The predicted molar refractivity (Wildman–Crippen MR) is 50.2 cm³/mol. The molecule has 68 valence electrons. The maximum atomic E-state index is 9.64. The maximum Gasteiger partial charge on any atom is 0.0815 e. The monoisotopic (exact) mass is 176 g/mol. The van der Waals surface area contributed by atoms with Crippen LogP contribution in [0.3, 0.4) is 0 Å². The van der Waals surface area contributed by atoms with Crippen LogP contribution in [0.2, 0.25) is 19.6 Å². The van der Waals surface area contributed by atoms with E-state index < -0.39 is 19.9 Å². The summed E-state index contributed by atoms with van der Waals surface area (Å²) in [7, 11) is -1.58. The number of rotatable bonds is 3. The summed E-state index contributed by atoms with van der Waals surface area (Å²) < 4.78 is 0. The number of aliphatic hydroxyl groups excluding tert-OH is 2. The molecule has 2 N–H and O–H groups in total. The van der Waals surface area contributed by atoms with Crippen molar-refractivity contribution in [3.63, 3.8) is 0 Å². The van der Waals surface area contributed by atoms with Gasteiger partial charge in [0, 0.05) is 0 Å². The molecular weight excluding hydrogens is 156 g/mol. The van der Waals surface area contributed by atoms with Crippen molar-refractivity contribution in [2.24, 2.45) is 5.92 Å². The smallest absolute Gasteiger partial charge is 0.0815 e. The van der Waals surface area contributed by atoms with E-state index in [-0.39, 0.29) is 5.92 Å². The second-order valence-corrected chi connectivity index (χ2v) is 9.87. The minimum atomic E-state index is -1.58. The van der Waals surface area contributed by atoms with Crippen LogP contribution in [0.5, 0.6) is 0 Å². The molecule has 0 heterocycles. The van der Waals surface area contributed by atoms with Crippen LogP contribution in [0, 0.1) is 5.92 Å². The summed E-state index contributed by atoms with van der Waals surface area (Å²) >= 11 is 0. The van der Waals surface area contributed by atoms with E-state index in [0.717, 1.165) is 0 Å². The average molecular weight is 176 g/mol.